The van der Waals surface area contributed by atoms with Crippen LogP contribution in [0.5, 0.6) is 0 Å². The summed E-state index contributed by atoms with van der Waals surface area (Å²) in [4.78, 5) is 29.8. The second-order valence-corrected chi connectivity index (χ2v) is 6.95. The first-order chi connectivity index (χ1) is 13.3. The molecule has 0 aliphatic heterocycles. The minimum Gasteiger partial charge on any atom is -0.480 e. The van der Waals surface area contributed by atoms with E-state index in [0.29, 0.717) is 17.5 Å². The first kappa shape index (κ1) is 19.5. The molecule has 7 heteroatoms. The predicted molar refractivity (Wildman–Crippen MR) is 104 cm³/mol. The molecule has 28 heavy (non-hydrogen) atoms. The Hall–Kier alpha value is -3.22. The van der Waals surface area contributed by atoms with E-state index in [0.717, 1.165) is 11.1 Å². The molecule has 0 spiro atoms. The molecular weight excluding hydrogens is 361 g/mol. The lowest BCUT2D eigenvalue weighted by atomic mass is 10.1. The maximum Gasteiger partial charge on any atom is 0.323 e. The van der Waals surface area contributed by atoms with Crippen molar-refractivity contribution in [3.8, 4) is 0 Å². The Balaban J connectivity index is 1.81. The molecule has 1 N–H and O–H groups in total. The summed E-state index contributed by atoms with van der Waals surface area (Å²) in [5.74, 6) is -1.79. The zero-order valence-corrected chi connectivity index (χ0v) is 15.8. The number of aromatic nitrogens is 2. The summed E-state index contributed by atoms with van der Waals surface area (Å²) in [5.41, 5.74) is 2.83. The van der Waals surface area contributed by atoms with Crippen LogP contribution in [0.3, 0.4) is 0 Å². The first-order valence-electron chi connectivity index (χ1n) is 9.07. The molecule has 1 amide bonds. The summed E-state index contributed by atoms with van der Waals surface area (Å²) < 4.78 is 15.0. The normalized spacial score (nSPS) is 11.1. The number of carboxylic acids is 1. The van der Waals surface area contributed by atoms with Gasteiger partial charge in [0, 0.05) is 18.2 Å². The molecule has 0 saturated carbocycles. The number of fused-ring (bicyclic) bond motifs is 1. The average Bonchev–Trinajstić information content (AvgIpc) is 3.09. The van der Waals surface area contributed by atoms with Crippen LogP contribution in [0.4, 0.5) is 4.39 Å². The van der Waals surface area contributed by atoms with Crippen LogP contribution < -0.4 is 0 Å². The van der Waals surface area contributed by atoms with Crippen molar-refractivity contribution >= 4 is 22.9 Å². The van der Waals surface area contributed by atoms with Crippen LogP contribution >= 0.6 is 0 Å². The molecular formula is C21H22FN3O3. The lowest BCUT2D eigenvalue weighted by Gasteiger charge is -2.21. The Morgan fingerprint density at radius 1 is 1.18 bits per heavy atom. The van der Waals surface area contributed by atoms with Gasteiger partial charge in [-0.3, -0.25) is 9.59 Å². The zero-order valence-electron chi connectivity index (χ0n) is 15.8. The Labute approximate surface area is 162 Å². The molecule has 6 nitrogen and oxygen atoms in total. The molecule has 1 aromatic heterocycles. The fourth-order valence-electron chi connectivity index (χ4n) is 3.09. The smallest absolute Gasteiger partial charge is 0.323 e. The van der Waals surface area contributed by atoms with Crippen LogP contribution in [0.25, 0.3) is 11.0 Å². The van der Waals surface area contributed by atoms with Gasteiger partial charge in [0.2, 0.25) is 0 Å². The van der Waals surface area contributed by atoms with Gasteiger partial charge in [0.25, 0.3) is 5.91 Å². The Bertz CT molecular complexity index is 996. The van der Waals surface area contributed by atoms with Gasteiger partial charge in [0.15, 0.2) is 0 Å². The summed E-state index contributed by atoms with van der Waals surface area (Å²) in [6.07, 6.45) is 2.16. The van der Waals surface area contributed by atoms with Gasteiger partial charge < -0.3 is 14.6 Å². The van der Waals surface area contributed by atoms with E-state index in [1.54, 1.807) is 30.6 Å². The molecule has 0 fully saturated rings. The van der Waals surface area contributed by atoms with Crippen molar-refractivity contribution in [3.05, 3.63) is 65.7 Å². The lowest BCUT2D eigenvalue weighted by molar-refractivity contribution is -0.137. The molecule has 1 heterocycles. The third kappa shape index (κ3) is 4.36. The highest BCUT2D eigenvalue weighted by Gasteiger charge is 2.19. The SMILES string of the molecule is CC(C)n1cnc2cc(C(=O)N(CCc3ccc(F)cc3)CC(=O)O)ccc21. The second-order valence-electron chi connectivity index (χ2n) is 6.95. The van der Waals surface area contributed by atoms with Crippen molar-refractivity contribution in [2.45, 2.75) is 26.3 Å². The van der Waals surface area contributed by atoms with Gasteiger partial charge in [0.05, 0.1) is 17.4 Å². The van der Waals surface area contributed by atoms with E-state index >= 15 is 0 Å². The number of imidazole rings is 1. The summed E-state index contributed by atoms with van der Waals surface area (Å²) in [6.45, 7) is 3.90. The highest BCUT2D eigenvalue weighted by molar-refractivity contribution is 5.98. The first-order valence-corrected chi connectivity index (χ1v) is 9.07. The van der Waals surface area contributed by atoms with E-state index in [2.05, 4.69) is 4.98 Å². The number of nitrogens with zero attached hydrogens (tertiary/aromatic N) is 3. The number of amides is 1. The molecule has 0 aliphatic carbocycles. The Kier molecular flexibility index (Phi) is 5.73. The number of hydrogen-bond donors (Lipinski definition) is 1. The molecule has 0 bridgehead atoms. The fourth-order valence-corrected chi connectivity index (χ4v) is 3.09. The topological polar surface area (TPSA) is 75.4 Å². The van der Waals surface area contributed by atoms with Gasteiger partial charge in [0.1, 0.15) is 12.4 Å². The van der Waals surface area contributed by atoms with Gasteiger partial charge >= 0.3 is 5.97 Å². The van der Waals surface area contributed by atoms with E-state index in [1.807, 2.05) is 24.5 Å². The minimum atomic E-state index is -1.09. The van der Waals surface area contributed by atoms with Gasteiger partial charge in [-0.05, 0) is 56.2 Å². The summed E-state index contributed by atoms with van der Waals surface area (Å²) >= 11 is 0. The Morgan fingerprint density at radius 2 is 1.89 bits per heavy atom. The molecule has 0 atom stereocenters. The molecule has 3 aromatic rings. The standard InChI is InChI=1S/C21H22FN3O3/c1-14(2)25-13-23-18-11-16(5-8-19(18)25)21(28)24(12-20(26)27)10-9-15-3-6-17(22)7-4-15/h3-8,11,13-14H,9-10,12H2,1-2H3,(H,26,27). The summed E-state index contributed by atoms with van der Waals surface area (Å²) in [5, 5.41) is 9.19. The number of benzene rings is 2. The molecule has 0 aliphatic rings. The average molecular weight is 383 g/mol. The summed E-state index contributed by atoms with van der Waals surface area (Å²) in [7, 11) is 0. The van der Waals surface area contributed by atoms with Crippen LogP contribution in [-0.2, 0) is 11.2 Å². The van der Waals surface area contributed by atoms with Crippen LogP contribution in [0.1, 0.15) is 35.8 Å². The van der Waals surface area contributed by atoms with Crippen LogP contribution in [0.15, 0.2) is 48.8 Å². The van der Waals surface area contributed by atoms with E-state index in [1.165, 1.54) is 17.0 Å². The third-order valence-electron chi connectivity index (χ3n) is 4.58. The number of carbonyl (C=O) groups is 2. The van der Waals surface area contributed by atoms with Crippen LogP contribution in [-0.4, -0.2) is 44.5 Å². The maximum absolute atomic E-state index is 13.0. The predicted octanol–water partition coefficient (Wildman–Crippen LogP) is 3.53. The quantitative estimate of drug-likeness (QED) is 0.677. The van der Waals surface area contributed by atoms with E-state index < -0.39 is 12.5 Å². The van der Waals surface area contributed by atoms with Crippen molar-refractivity contribution in [2.24, 2.45) is 0 Å². The monoisotopic (exact) mass is 383 g/mol. The van der Waals surface area contributed by atoms with Gasteiger partial charge in [-0.15, -0.1) is 0 Å². The third-order valence-corrected chi connectivity index (χ3v) is 4.58. The van der Waals surface area contributed by atoms with Crippen molar-refractivity contribution in [2.75, 3.05) is 13.1 Å². The number of halogens is 1. The van der Waals surface area contributed by atoms with Gasteiger partial charge in [-0.2, -0.15) is 0 Å². The largest absolute Gasteiger partial charge is 0.480 e. The maximum atomic E-state index is 13.0. The molecule has 146 valence electrons. The van der Waals surface area contributed by atoms with Crippen LogP contribution in [0.2, 0.25) is 0 Å². The highest BCUT2D eigenvalue weighted by Crippen LogP contribution is 2.20. The number of aliphatic carboxylic acids is 1. The second kappa shape index (κ2) is 8.21. The van der Waals surface area contributed by atoms with Gasteiger partial charge in [-0.1, -0.05) is 12.1 Å². The van der Waals surface area contributed by atoms with Crippen molar-refractivity contribution < 1.29 is 19.1 Å². The van der Waals surface area contributed by atoms with Crippen LogP contribution in [0, 0.1) is 5.82 Å². The van der Waals surface area contributed by atoms with Crippen molar-refractivity contribution in [1.29, 1.82) is 0 Å². The Morgan fingerprint density at radius 3 is 2.54 bits per heavy atom. The van der Waals surface area contributed by atoms with Crippen molar-refractivity contribution in [1.82, 2.24) is 14.5 Å². The van der Waals surface area contributed by atoms with E-state index in [4.69, 9.17) is 0 Å². The zero-order chi connectivity index (χ0) is 20.3. The molecule has 3 rings (SSSR count). The molecule has 0 unspecified atom stereocenters. The lowest BCUT2D eigenvalue weighted by Crippen LogP contribution is -2.37. The molecule has 2 aromatic carbocycles. The number of carboxylic acid groups (broad SMARTS) is 1. The molecule has 0 radical (unpaired) electrons. The number of hydrogen-bond acceptors (Lipinski definition) is 3. The van der Waals surface area contributed by atoms with E-state index in [-0.39, 0.29) is 24.3 Å². The van der Waals surface area contributed by atoms with E-state index in [9.17, 15) is 19.1 Å². The van der Waals surface area contributed by atoms with Gasteiger partial charge in [-0.25, -0.2) is 9.37 Å². The minimum absolute atomic E-state index is 0.217. The number of carbonyl (C=O) groups excluding carboxylic acids is 1. The molecule has 0 saturated heterocycles. The highest BCUT2D eigenvalue weighted by atomic mass is 19.1. The fraction of sp³-hybridized carbons (Fsp3) is 0.286. The number of rotatable bonds is 7. The summed E-state index contributed by atoms with van der Waals surface area (Å²) in [6, 6.07) is 11.4. The van der Waals surface area contributed by atoms with Crippen molar-refractivity contribution in [3.63, 3.8) is 0 Å².